The first-order valence-corrected chi connectivity index (χ1v) is 8.27. The highest BCUT2D eigenvalue weighted by Gasteiger charge is 2.12. The summed E-state index contributed by atoms with van der Waals surface area (Å²) >= 11 is 0. The summed E-state index contributed by atoms with van der Waals surface area (Å²) in [5.74, 6) is 1.91. The van der Waals surface area contributed by atoms with Gasteiger partial charge in [-0.3, -0.25) is 0 Å². The monoisotopic (exact) mass is 351 g/mol. The molecule has 0 radical (unpaired) electrons. The number of methoxy groups -OCH3 is 1. The number of hydrogen-bond donors (Lipinski definition) is 2. The molecule has 0 fully saturated rings. The summed E-state index contributed by atoms with van der Waals surface area (Å²) < 4.78 is 10.9. The number of aromatic nitrogens is 1. The van der Waals surface area contributed by atoms with Crippen molar-refractivity contribution in [1.82, 2.24) is 10.3 Å². The molecule has 0 bridgehead atoms. The fourth-order valence-corrected chi connectivity index (χ4v) is 2.45. The summed E-state index contributed by atoms with van der Waals surface area (Å²) in [6, 6.07) is 14.8. The van der Waals surface area contributed by atoms with Crippen molar-refractivity contribution in [3.63, 3.8) is 0 Å². The second kappa shape index (κ2) is 7.74. The molecule has 0 aliphatic carbocycles. The van der Waals surface area contributed by atoms with E-state index in [1.54, 1.807) is 19.2 Å². The number of hydrogen-bond acceptors (Lipinski definition) is 4. The average molecular weight is 351 g/mol. The van der Waals surface area contributed by atoms with Crippen molar-refractivity contribution in [3.05, 3.63) is 65.5 Å². The van der Waals surface area contributed by atoms with E-state index in [1.165, 1.54) is 5.56 Å². The van der Waals surface area contributed by atoms with E-state index in [9.17, 15) is 4.79 Å². The summed E-state index contributed by atoms with van der Waals surface area (Å²) in [6.45, 7) is 4.14. The van der Waals surface area contributed by atoms with Gasteiger partial charge in [0.15, 0.2) is 0 Å². The number of nitrogens with zero attached hydrogens (tertiary/aromatic N) is 1. The SMILES string of the molecule is COc1cccc(NC(=O)NCc2nc(-c3ccc(C)cc3)oc2C)c1. The molecule has 1 aromatic heterocycles. The van der Waals surface area contributed by atoms with Crippen LogP contribution in [0.2, 0.25) is 0 Å². The molecule has 1 heterocycles. The summed E-state index contributed by atoms with van der Waals surface area (Å²) in [6.07, 6.45) is 0. The number of ether oxygens (including phenoxy) is 1. The topological polar surface area (TPSA) is 76.4 Å². The number of carbonyl (C=O) groups excluding carboxylic acids is 1. The zero-order valence-electron chi connectivity index (χ0n) is 15.0. The first-order valence-electron chi connectivity index (χ1n) is 8.27. The maximum absolute atomic E-state index is 12.1. The minimum atomic E-state index is -0.322. The van der Waals surface area contributed by atoms with Gasteiger partial charge in [-0.2, -0.15) is 0 Å². The van der Waals surface area contributed by atoms with Crippen LogP contribution in [0, 0.1) is 13.8 Å². The van der Waals surface area contributed by atoms with Gasteiger partial charge >= 0.3 is 6.03 Å². The lowest BCUT2D eigenvalue weighted by atomic mass is 10.1. The van der Waals surface area contributed by atoms with E-state index >= 15 is 0 Å². The summed E-state index contributed by atoms with van der Waals surface area (Å²) in [5.41, 5.74) is 3.43. The van der Waals surface area contributed by atoms with Crippen LogP contribution in [0.15, 0.2) is 52.9 Å². The van der Waals surface area contributed by atoms with Gasteiger partial charge in [0.05, 0.1) is 13.7 Å². The third-order valence-corrected chi connectivity index (χ3v) is 3.94. The first kappa shape index (κ1) is 17.5. The van der Waals surface area contributed by atoms with Crippen molar-refractivity contribution >= 4 is 11.7 Å². The number of carbonyl (C=O) groups is 1. The molecule has 134 valence electrons. The van der Waals surface area contributed by atoms with Crippen LogP contribution in [-0.4, -0.2) is 18.1 Å². The quantitative estimate of drug-likeness (QED) is 0.719. The molecule has 3 rings (SSSR count). The molecule has 0 saturated carbocycles. The van der Waals surface area contributed by atoms with Gasteiger partial charge in [0.1, 0.15) is 17.2 Å². The van der Waals surface area contributed by atoms with Crippen LogP contribution >= 0.6 is 0 Å². The van der Waals surface area contributed by atoms with Crippen LogP contribution < -0.4 is 15.4 Å². The Labute approximate surface area is 152 Å². The molecule has 6 heteroatoms. The van der Waals surface area contributed by atoms with E-state index in [0.717, 1.165) is 5.56 Å². The maximum atomic E-state index is 12.1. The molecule has 26 heavy (non-hydrogen) atoms. The van der Waals surface area contributed by atoms with E-state index in [0.29, 0.717) is 28.8 Å². The molecule has 0 unspecified atom stereocenters. The number of nitrogens with one attached hydrogen (secondary N) is 2. The molecule has 0 aliphatic heterocycles. The lowest BCUT2D eigenvalue weighted by molar-refractivity contribution is 0.251. The molecule has 2 aromatic carbocycles. The summed E-state index contributed by atoms with van der Waals surface area (Å²) in [7, 11) is 1.58. The standard InChI is InChI=1S/C20H21N3O3/c1-13-7-9-15(10-8-13)19-23-18(14(2)26-19)12-21-20(24)22-16-5-4-6-17(11-16)25-3/h4-11H,12H2,1-3H3,(H2,21,22,24). The predicted octanol–water partition coefficient (Wildman–Crippen LogP) is 4.29. The molecule has 0 saturated heterocycles. The van der Waals surface area contributed by atoms with Gasteiger partial charge in [0.2, 0.25) is 5.89 Å². The molecular formula is C20H21N3O3. The van der Waals surface area contributed by atoms with E-state index in [2.05, 4.69) is 15.6 Å². The highest BCUT2D eigenvalue weighted by molar-refractivity contribution is 5.89. The highest BCUT2D eigenvalue weighted by Crippen LogP contribution is 2.22. The molecule has 2 N–H and O–H groups in total. The second-order valence-electron chi connectivity index (χ2n) is 5.93. The normalized spacial score (nSPS) is 10.4. The Morgan fingerprint density at radius 2 is 1.92 bits per heavy atom. The molecule has 0 spiro atoms. The van der Waals surface area contributed by atoms with Gasteiger partial charge in [0, 0.05) is 17.3 Å². The number of amides is 2. The van der Waals surface area contributed by atoms with Crippen molar-refractivity contribution in [2.45, 2.75) is 20.4 Å². The van der Waals surface area contributed by atoms with Crippen molar-refractivity contribution in [3.8, 4) is 17.2 Å². The van der Waals surface area contributed by atoms with Gasteiger partial charge in [-0.1, -0.05) is 23.8 Å². The van der Waals surface area contributed by atoms with Crippen LogP contribution in [0.4, 0.5) is 10.5 Å². The van der Waals surface area contributed by atoms with Crippen LogP contribution in [0.3, 0.4) is 0 Å². The fraction of sp³-hybridized carbons (Fsp3) is 0.200. The largest absolute Gasteiger partial charge is 0.497 e. The molecule has 2 amide bonds. The zero-order chi connectivity index (χ0) is 18.5. The smallest absolute Gasteiger partial charge is 0.319 e. The molecule has 3 aromatic rings. The summed E-state index contributed by atoms with van der Waals surface area (Å²) in [4.78, 5) is 16.6. The average Bonchev–Trinajstić information content (AvgIpc) is 3.01. The summed E-state index contributed by atoms with van der Waals surface area (Å²) in [5, 5.41) is 5.55. The minimum absolute atomic E-state index is 0.275. The van der Waals surface area contributed by atoms with E-state index < -0.39 is 0 Å². The fourth-order valence-electron chi connectivity index (χ4n) is 2.45. The zero-order valence-corrected chi connectivity index (χ0v) is 15.0. The van der Waals surface area contributed by atoms with Gasteiger partial charge < -0.3 is 19.8 Å². The molecule has 0 aliphatic rings. The Bertz CT molecular complexity index is 901. The van der Waals surface area contributed by atoms with Crippen molar-refractivity contribution in [2.75, 3.05) is 12.4 Å². The Morgan fingerprint density at radius 3 is 2.65 bits per heavy atom. The van der Waals surface area contributed by atoms with E-state index in [4.69, 9.17) is 9.15 Å². The molecule has 0 atom stereocenters. The Morgan fingerprint density at radius 1 is 1.15 bits per heavy atom. The Balaban J connectivity index is 1.62. The number of urea groups is 1. The van der Waals surface area contributed by atoms with Crippen LogP contribution in [-0.2, 0) is 6.54 Å². The second-order valence-corrected chi connectivity index (χ2v) is 5.93. The van der Waals surface area contributed by atoms with Crippen molar-refractivity contribution in [1.29, 1.82) is 0 Å². The van der Waals surface area contributed by atoms with Crippen LogP contribution in [0.5, 0.6) is 5.75 Å². The van der Waals surface area contributed by atoms with Gasteiger partial charge in [0.25, 0.3) is 0 Å². The first-order chi connectivity index (χ1) is 12.5. The maximum Gasteiger partial charge on any atom is 0.319 e. The molecular weight excluding hydrogens is 330 g/mol. The minimum Gasteiger partial charge on any atom is -0.497 e. The van der Waals surface area contributed by atoms with Gasteiger partial charge in [-0.25, -0.2) is 9.78 Å². The van der Waals surface area contributed by atoms with E-state index in [-0.39, 0.29) is 12.6 Å². The van der Waals surface area contributed by atoms with Crippen LogP contribution in [0.25, 0.3) is 11.5 Å². The highest BCUT2D eigenvalue weighted by atomic mass is 16.5. The van der Waals surface area contributed by atoms with E-state index in [1.807, 2.05) is 50.2 Å². The Kier molecular flexibility index (Phi) is 5.22. The number of anilines is 1. The number of aryl methyl sites for hydroxylation is 2. The number of benzene rings is 2. The van der Waals surface area contributed by atoms with Gasteiger partial charge in [-0.15, -0.1) is 0 Å². The Hall–Kier alpha value is -3.28. The number of oxazole rings is 1. The number of rotatable bonds is 5. The lowest BCUT2D eigenvalue weighted by Crippen LogP contribution is -2.28. The third-order valence-electron chi connectivity index (χ3n) is 3.94. The van der Waals surface area contributed by atoms with Crippen LogP contribution in [0.1, 0.15) is 17.0 Å². The third kappa shape index (κ3) is 4.22. The van der Waals surface area contributed by atoms with Crippen molar-refractivity contribution in [2.24, 2.45) is 0 Å². The lowest BCUT2D eigenvalue weighted by Gasteiger charge is -2.08. The predicted molar refractivity (Wildman–Crippen MR) is 100 cm³/mol. The molecule has 6 nitrogen and oxygen atoms in total. The van der Waals surface area contributed by atoms with Gasteiger partial charge in [-0.05, 0) is 38.1 Å². The van der Waals surface area contributed by atoms with Crippen molar-refractivity contribution < 1.29 is 13.9 Å².